The largest absolute Gasteiger partial charge is 0.494 e. The second-order valence-corrected chi connectivity index (χ2v) is 46.6. The zero-order valence-electron chi connectivity index (χ0n) is 79.3. The molecule has 123 heavy (non-hydrogen) atoms. The summed E-state index contributed by atoms with van der Waals surface area (Å²) in [6, 6.07) is 41.5. The fraction of sp³-hybridized carbons (Fsp3) is 0.704. The van der Waals surface area contributed by atoms with Crippen molar-refractivity contribution in [3.05, 3.63) is 120 Å². The second kappa shape index (κ2) is 42.1. The molecule has 4 aromatic carbocycles. The van der Waals surface area contributed by atoms with Crippen molar-refractivity contribution in [2.24, 2.45) is 105 Å². The Morgan fingerprint density at radius 1 is 0.366 bits per heavy atom. The number of esters is 2. The van der Waals surface area contributed by atoms with Crippen LogP contribution in [-0.2, 0) is 24.5 Å². The van der Waals surface area contributed by atoms with Crippen LogP contribution in [0.1, 0.15) is 390 Å². The van der Waals surface area contributed by atoms with Gasteiger partial charge in [0.15, 0.2) is 0 Å². The summed E-state index contributed by atoms with van der Waals surface area (Å²) in [7, 11) is 0. The third-order valence-electron chi connectivity index (χ3n) is 36.1. The maximum absolute atomic E-state index is 13.2. The highest BCUT2D eigenvalue weighted by atomic mass is 32.1. The van der Waals surface area contributed by atoms with E-state index in [9.17, 15) is 9.59 Å². The van der Waals surface area contributed by atoms with Gasteiger partial charge in [0.05, 0.1) is 13.2 Å². The Labute approximate surface area is 756 Å². The first kappa shape index (κ1) is 92.5. The van der Waals surface area contributed by atoms with Crippen LogP contribution in [-0.4, -0.2) is 37.4 Å². The molecule has 674 valence electrons. The first-order chi connectivity index (χ1) is 59.6. The molecular formula is C115H166O6S2. The zero-order chi connectivity index (χ0) is 85.9. The molecule has 0 spiro atoms. The van der Waals surface area contributed by atoms with Crippen LogP contribution >= 0.6 is 22.7 Å². The molecule has 0 bridgehead atoms. The normalized spacial score (nSPS) is 29.5. The van der Waals surface area contributed by atoms with Gasteiger partial charge in [-0.3, -0.25) is 9.59 Å². The van der Waals surface area contributed by atoms with Crippen molar-refractivity contribution in [3.63, 3.8) is 0 Å². The molecule has 0 N–H and O–H groups in total. The number of benzene rings is 4. The van der Waals surface area contributed by atoms with E-state index in [0.717, 1.165) is 197 Å². The van der Waals surface area contributed by atoms with Crippen molar-refractivity contribution in [2.75, 3.05) is 13.2 Å². The third-order valence-corrected chi connectivity index (χ3v) is 38.5. The number of hydrogen-bond donors (Lipinski definition) is 0. The molecule has 8 fully saturated rings. The van der Waals surface area contributed by atoms with Crippen LogP contribution in [0.2, 0.25) is 0 Å². The second-order valence-electron chi connectivity index (χ2n) is 44.5. The summed E-state index contributed by atoms with van der Waals surface area (Å²) < 4.78 is 25.2. The number of hydrogen-bond acceptors (Lipinski definition) is 8. The molecule has 18 atom stereocenters. The fourth-order valence-electron chi connectivity index (χ4n) is 29.5. The minimum Gasteiger partial charge on any atom is -0.494 e. The van der Waals surface area contributed by atoms with E-state index >= 15 is 0 Å². The monoisotopic (exact) mass is 1710 g/mol. The molecule has 2 aromatic heterocycles. The SMILES string of the molecule is CCCC1(CCC)c2cc(-c3ccc(-c4ccc(OCCCCCCCCCCC(=O)O[C@H]5CC[C@@]6(C)C(CC[C@H]7[C@@H]8CC[C@H]([C@H](C)CCCC(C)C)[C@@]8(C)CC[C@@H]76)C5)cc4)s3)ccc2-c2ccc(-c3ccc(-c4ccc(OCCCCCCCCCCC(=O)O[C@H]5CC[C@@]6(C)C(CC[C@H]7[C@@H]8CC[C@H]([C@H](C)CCCC(C)C)[C@@]8(C)CC[C@@H]76)C5)cc4)s3)cc21. The van der Waals surface area contributed by atoms with E-state index in [-0.39, 0.29) is 29.6 Å². The van der Waals surface area contributed by atoms with Gasteiger partial charge in [-0.2, -0.15) is 0 Å². The number of carbonyl (C=O) groups is 2. The van der Waals surface area contributed by atoms with Crippen LogP contribution in [0.4, 0.5) is 0 Å². The molecule has 2 heterocycles. The van der Waals surface area contributed by atoms with Gasteiger partial charge in [0.25, 0.3) is 0 Å². The summed E-state index contributed by atoms with van der Waals surface area (Å²) in [4.78, 5) is 31.6. The molecule has 6 nitrogen and oxygen atoms in total. The lowest BCUT2D eigenvalue weighted by molar-refractivity contribution is -0.163. The van der Waals surface area contributed by atoms with E-state index in [1.165, 1.54) is 257 Å². The number of rotatable bonds is 44. The maximum Gasteiger partial charge on any atom is 0.306 e. The Bertz CT molecular complexity index is 4050. The molecule has 15 rings (SSSR count). The predicted octanol–water partition coefficient (Wildman–Crippen LogP) is 34.2. The van der Waals surface area contributed by atoms with Crippen LogP contribution in [0.5, 0.6) is 11.5 Å². The van der Waals surface area contributed by atoms with Crippen molar-refractivity contribution in [3.8, 4) is 64.4 Å². The van der Waals surface area contributed by atoms with Gasteiger partial charge in [-0.15, -0.1) is 22.7 Å². The Kier molecular flexibility index (Phi) is 31.7. The Hall–Kier alpha value is -5.18. The van der Waals surface area contributed by atoms with Crippen LogP contribution in [0.25, 0.3) is 52.9 Å². The zero-order valence-corrected chi connectivity index (χ0v) is 81.0. The van der Waals surface area contributed by atoms with Crippen molar-refractivity contribution < 1.29 is 28.5 Å². The molecule has 2 unspecified atom stereocenters. The Morgan fingerprint density at radius 3 is 1.10 bits per heavy atom. The quantitative estimate of drug-likeness (QED) is 0.0280. The first-order valence-corrected chi connectivity index (χ1v) is 53.6. The highest BCUT2D eigenvalue weighted by Gasteiger charge is 2.63. The topological polar surface area (TPSA) is 71.1 Å². The Balaban J connectivity index is 0.427. The summed E-state index contributed by atoms with van der Waals surface area (Å²) >= 11 is 3.79. The first-order valence-electron chi connectivity index (χ1n) is 52.0. The van der Waals surface area contributed by atoms with E-state index in [1.807, 2.05) is 22.7 Å². The minimum absolute atomic E-state index is 0.0325. The smallest absolute Gasteiger partial charge is 0.306 e. The van der Waals surface area contributed by atoms with Gasteiger partial charge in [-0.05, 0) is 388 Å². The fourth-order valence-corrected chi connectivity index (χ4v) is 31.5. The van der Waals surface area contributed by atoms with E-state index in [1.54, 1.807) is 0 Å². The highest BCUT2D eigenvalue weighted by molar-refractivity contribution is 7.19. The number of thiophene rings is 2. The molecule has 6 aromatic rings. The van der Waals surface area contributed by atoms with E-state index in [4.69, 9.17) is 18.9 Å². The molecule has 9 aliphatic rings. The lowest BCUT2D eigenvalue weighted by Gasteiger charge is -2.61. The van der Waals surface area contributed by atoms with Crippen molar-refractivity contribution in [1.82, 2.24) is 0 Å². The van der Waals surface area contributed by atoms with Gasteiger partial charge < -0.3 is 18.9 Å². The third kappa shape index (κ3) is 21.0. The number of unbranched alkanes of at least 4 members (excludes halogenated alkanes) is 14. The minimum atomic E-state index is -0.0325. The summed E-state index contributed by atoms with van der Waals surface area (Å²) in [5, 5.41) is 0. The summed E-state index contributed by atoms with van der Waals surface area (Å²) in [5.41, 5.74) is 12.8. The number of carbonyl (C=O) groups excluding carboxylic acids is 2. The van der Waals surface area contributed by atoms with Gasteiger partial charge in [-0.25, -0.2) is 0 Å². The molecule has 0 amide bonds. The molecule has 9 aliphatic carbocycles. The summed E-state index contributed by atoms with van der Waals surface area (Å²) in [6.07, 6.45) is 57.0. The number of fused-ring (bicyclic) bond motifs is 13. The van der Waals surface area contributed by atoms with Crippen LogP contribution in [0.15, 0.2) is 109 Å². The van der Waals surface area contributed by atoms with Gasteiger partial charge in [0.2, 0.25) is 0 Å². The standard InChI is InChI=1S/C115H166O6S2/c1-13-67-115(68-14-2)103-75-85(107-61-59-105(122-107)83-39-47-89(48-40-83)118-73-29-25-21-17-15-19-23-27-37-109(116)120-91-63-69-111(9)87(77-91)45-53-95-99-57-55-97(81(7)35-31-33-79(3)4)113(99,11)71-65-101(95)111)43-51-93(103)94-52-44-86(76-104(94)115)108-62-60-106(123-108)84-41-49-90(50-42-84)119-74-30-26-22-18-16-20-24-28-38-110(117)121-92-64-70-112(10)88(78-92)46-54-96-100-58-56-98(82(8)36-32-34-80(5)6)114(100,12)72-66-102(96)112/h39-44,47-52,59-62,75-76,79-82,87-88,91-92,95-102H,13-38,45-46,53-58,63-74,77-78H2,1-12H3/t81-,82-,87?,88?,91+,92+,95+,96+,97-,98-,99+,100+,101+,102+,111+,112+,113-,114-/m1/s1. The average molecular weight is 1710 g/mol. The number of ether oxygens (including phenoxy) is 4. The molecule has 0 saturated heterocycles. The lowest BCUT2D eigenvalue weighted by Crippen LogP contribution is -2.54. The predicted molar refractivity (Wildman–Crippen MR) is 520 cm³/mol. The van der Waals surface area contributed by atoms with Gasteiger partial charge in [-0.1, -0.05) is 236 Å². The molecule has 8 saturated carbocycles. The molecule has 0 aliphatic heterocycles. The van der Waals surface area contributed by atoms with E-state index in [2.05, 4.69) is 192 Å². The van der Waals surface area contributed by atoms with Crippen LogP contribution in [0, 0.1) is 105 Å². The maximum atomic E-state index is 13.2. The average Bonchev–Trinajstić information content (AvgIpc) is 1.61. The van der Waals surface area contributed by atoms with Crippen molar-refractivity contribution >= 4 is 34.6 Å². The summed E-state index contributed by atoms with van der Waals surface area (Å²) in [6.45, 7) is 31.8. The highest BCUT2D eigenvalue weighted by Crippen LogP contribution is 2.71. The van der Waals surface area contributed by atoms with Crippen LogP contribution in [0.3, 0.4) is 0 Å². The van der Waals surface area contributed by atoms with E-state index in [0.29, 0.717) is 34.5 Å². The van der Waals surface area contributed by atoms with Crippen molar-refractivity contribution in [2.45, 2.75) is 396 Å². The van der Waals surface area contributed by atoms with Crippen molar-refractivity contribution in [1.29, 1.82) is 0 Å². The van der Waals surface area contributed by atoms with Crippen LogP contribution < -0.4 is 9.47 Å². The van der Waals surface area contributed by atoms with E-state index < -0.39 is 0 Å². The molecule has 0 radical (unpaired) electrons. The van der Waals surface area contributed by atoms with Gasteiger partial charge in [0.1, 0.15) is 23.7 Å². The van der Waals surface area contributed by atoms with Gasteiger partial charge in [0, 0.05) is 37.8 Å². The van der Waals surface area contributed by atoms with Gasteiger partial charge >= 0.3 is 11.9 Å². The molecule has 8 heteroatoms. The summed E-state index contributed by atoms with van der Waals surface area (Å²) in [5.74, 6) is 14.1. The molecular weight excluding hydrogens is 1540 g/mol. The lowest BCUT2D eigenvalue weighted by atomic mass is 9.44. The Morgan fingerprint density at radius 2 is 0.715 bits per heavy atom.